The van der Waals surface area contributed by atoms with E-state index < -0.39 is 16.3 Å². The molecule has 5 rings (SSSR count). The van der Waals surface area contributed by atoms with Gasteiger partial charge in [0.2, 0.25) is 11.6 Å². The smallest absolute Gasteiger partial charge is 0.320 e. The molecule has 5 aromatic rings. The second kappa shape index (κ2) is 13.9. The lowest BCUT2D eigenvalue weighted by atomic mass is 10.3. The van der Waals surface area contributed by atoms with Gasteiger partial charge in [0.15, 0.2) is 28.2 Å². The first-order chi connectivity index (χ1) is 21.8. The third-order valence-electron chi connectivity index (χ3n) is 5.56. The van der Waals surface area contributed by atoms with Gasteiger partial charge in [0, 0.05) is 31.0 Å². The van der Waals surface area contributed by atoms with Gasteiger partial charge in [-0.15, -0.1) is 0 Å². The molecule has 0 bridgehead atoms. The Balaban J connectivity index is 1.68. The molecule has 0 amide bonds. The summed E-state index contributed by atoms with van der Waals surface area (Å²) in [5.74, 6) is 5.12. The second-order valence-corrected chi connectivity index (χ2v) is 11.3. The van der Waals surface area contributed by atoms with E-state index >= 15 is 0 Å². The Labute approximate surface area is 266 Å². The number of halogens is 1. The van der Waals surface area contributed by atoms with Crippen LogP contribution < -0.4 is 23.7 Å². The number of hydrogen-bond acceptors (Lipinski definition) is 13. The molecule has 1 unspecified atom stereocenters. The summed E-state index contributed by atoms with van der Waals surface area (Å²) in [4.78, 5) is 29.6. The summed E-state index contributed by atoms with van der Waals surface area (Å²) in [6, 6.07) is 11.2. The first-order valence-corrected chi connectivity index (χ1v) is 15.2. The van der Waals surface area contributed by atoms with Gasteiger partial charge >= 0.3 is 12.3 Å². The average molecular weight is 692 g/mol. The maximum Gasteiger partial charge on any atom is 0.320 e. The van der Waals surface area contributed by atoms with Gasteiger partial charge in [0.05, 0.1) is 11.6 Å². The van der Waals surface area contributed by atoms with Crippen LogP contribution in [0.5, 0.6) is 29.1 Å². The fraction of sp³-hybridized carbons (Fsp3) is 0.138. The number of nitrogens with zero attached hydrogens (tertiary/aromatic N) is 7. The lowest BCUT2D eigenvalue weighted by molar-refractivity contribution is 0.0413. The molecule has 0 aliphatic heterocycles. The highest BCUT2D eigenvalue weighted by atomic mass is 79.9. The topological polar surface area (TPSA) is 173 Å². The standard InChI is InChI=1S/C29H23BrN8O6S/c1-4-8-23(44-29-34-16-19(30)17-35-29)43-28-24(42-21-10-6-5-9-20(21)41-3)25(36-27(37-28)26-31-13-7-14-32-26)38-45(39,40)22-12-11-18(2)15-33-22/h5-7,9-17,23H,1-3H3,(H,36,37,38). The Bertz CT molecular complexity index is 1960. The normalized spacial score (nSPS) is 11.5. The van der Waals surface area contributed by atoms with Gasteiger partial charge in [-0.05, 0) is 65.5 Å². The van der Waals surface area contributed by atoms with Crippen molar-refractivity contribution in [3.63, 3.8) is 0 Å². The van der Waals surface area contributed by atoms with Crippen LogP contribution in [0.2, 0.25) is 0 Å². The number of benzene rings is 1. The molecule has 0 aliphatic rings. The second-order valence-electron chi connectivity index (χ2n) is 8.78. The highest BCUT2D eigenvalue weighted by molar-refractivity contribution is 9.10. The zero-order chi connectivity index (χ0) is 31.8. The van der Waals surface area contributed by atoms with Crippen molar-refractivity contribution < 1.29 is 27.4 Å². The fourth-order valence-electron chi connectivity index (χ4n) is 3.55. The minimum atomic E-state index is -4.31. The van der Waals surface area contributed by atoms with Crippen molar-refractivity contribution in [2.75, 3.05) is 11.8 Å². The van der Waals surface area contributed by atoms with Crippen molar-refractivity contribution in [3.05, 3.63) is 83.5 Å². The summed E-state index contributed by atoms with van der Waals surface area (Å²) >= 11 is 3.28. The fourth-order valence-corrected chi connectivity index (χ4v) is 4.69. The van der Waals surface area contributed by atoms with Crippen molar-refractivity contribution in [1.29, 1.82) is 0 Å². The quantitative estimate of drug-likeness (QED) is 0.151. The summed E-state index contributed by atoms with van der Waals surface area (Å²) in [6.45, 7) is 3.36. The number of anilines is 1. The van der Waals surface area contributed by atoms with E-state index in [0.29, 0.717) is 10.2 Å². The summed E-state index contributed by atoms with van der Waals surface area (Å²) in [5, 5.41) is -0.264. The predicted octanol–water partition coefficient (Wildman–Crippen LogP) is 4.60. The molecular weight excluding hydrogens is 668 g/mol. The number of sulfonamides is 1. The highest BCUT2D eigenvalue weighted by Crippen LogP contribution is 2.41. The monoisotopic (exact) mass is 690 g/mol. The van der Waals surface area contributed by atoms with E-state index in [-0.39, 0.29) is 45.9 Å². The number of hydrogen-bond donors (Lipinski definition) is 1. The van der Waals surface area contributed by atoms with Crippen molar-refractivity contribution in [3.8, 4) is 52.6 Å². The molecule has 14 nitrogen and oxygen atoms in total. The molecule has 0 radical (unpaired) electrons. The van der Waals surface area contributed by atoms with Gasteiger partial charge in [-0.1, -0.05) is 24.1 Å². The third-order valence-corrected chi connectivity index (χ3v) is 7.23. The molecule has 1 atom stereocenters. The molecule has 0 fully saturated rings. The van der Waals surface area contributed by atoms with Crippen LogP contribution in [-0.2, 0) is 10.0 Å². The number of methoxy groups -OCH3 is 1. The van der Waals surface area contributed by atoms with Crippen molar-refractivity contribution in [2.45, 2.75) is 25.2 Å². The van der Waals surface area contributed by atoms with E-state index in [4.69, 9.17) is 18.9 Å². The van der Waals surface area contributed by atoms with Crippen LogP contribution in [-0.4, -0.2) is 56.7 Å². The molecule has 0 spiro atoms. The van der Waals surface area contributed by atoms with Gasteiger partial charge in [0.25, 0.3) is 15.9 Å². The molecule has 1 N–H and O–H groups in total. The lowest BCUT2D eigenvalue weighted by Crippen LogP contribution is -2.24. The Morgan fingerprint density at radius 2 is 1.60 bits per heavy atom. The molecule has 228 valence electrons. The largest absolute Gasteiger partial charge is 0.493 e. The number of nitrogens with one attached hydrogen (secondary N) is 1. The molecule has 1 aromatic carbocycles. The molecule has 0 aliphatic carbocycles. The summed E-state index contributed by atoms with van der Waals surface area (Å²) in [6.07, 6.45) is 6.01. The van der Waals surface area contributed by atoms with Crippen LogP contribution in [0.25, 0.3) is 11.6 Å². The molecular formula is C29H23BrN8O6S. The zero-order valence-electron chi connectivity index (χ0n) is 23.9. The van der Waals surface area contributed by atoms with Gasteiger partial charge in [-0.3, -0.25) is 4.72 Å². The SMILES string of the molecule is CC#CC(Oc1ncc(Br)cn1)Oc1nc(-c2ncccn2)nc(NS(=O)(=O)c2ccc(C)cn2)c1Oc1ccccc1OC. The molecule has 16 heteroatoms. The number of aromatic nitrogens is 7. The van der Waals surface area contributed by atoms with E-state index in [1.54, 1.807) is 50.2 Å². The molecule has 0 saturated carbocycles. The minimum absolute atomic E-state index is 0.0507. The van der Waals surface area contributed by atoms with E-state index in [1.165, 1.54) is 44.2 Å². The van der Waals surface area contributed by atoms with Crippen LogP contribution in [0.3, 0.4) is 0 Å². The molecule has 45 heavy (non-hydrogen) atoms. The van der Waals surface area contributed by atoms with Crippen LogP contribution in [0.1, 0.15) is 12.5 Å². The number of ether oxygens (including phenoxy) is 4. The van der Waals surface area contributed by atoms with Gasteiger partial charge in [0.1, 0.15) is 0 Å². The van der Waals surface area contributed by atoms with E-state index in [1.807, 2.05) is 0 Å². The van der Waals surface area contributed by atoms with Crippen LogP contribution in [0, 0.1) is 18.8 Å². The Hall–Kier alpha value is -5.40. The van der Waals surface area contributed by atoms with Crippen molar-refractivity contribution in [1.82, 2.24) is 34.9 Å². The lowest BCUT2D eigenvalue weighted by Gasteiger charge is -2.20. The van der Waals surface area contributed by atoms with Gasteiger partial charge in [-0.2, -0.15) is 13.4 Å². The summed E-state index contributed by atoms with van der Waals surface area (Å²) in [7, 11) is -2.85. The van der Waals surface area contributed by atoms with E-state index in [2.05, 4.69) is 67.4 Å². The summed E-state index contributed by atoms with van der Waals surface area (Å²) in [5.41, 5.74) is 0.771. The van der Waals surface area contributed by atoms with E-state index in [9.17, 15) is 8.42 Å². The zero-order valence-corrected chi connectivity index (χ0v) is 26.3. The first-order valence-electron chi connectivity index (χ1n) is 12.9. The number of para-hydroxylation sites is 2. The van der Waals surface area contributed by atoms with Crippen molar-refractivity contribution >= 4 is 31.8 Å². The Morgan fingerprint density at radius 3 is 2.27 bits per heavy atom. The van der Waals surface area contributed by atoms with Crippen LogP contribution in [0.15, 0.2) is 82.9 Å². The summed E-state index contributed by atoms with van der Waals surface area (Å²) < 4.78 is 53.6. The van der Waals surface area contributed by atoms with Gasteiger partial charge in [-0.25, -0.2) is 29.9 Å². The van der Waals surface area contributed by atoms with Crippen molar-refractivity contribution in [2.24, 2.45) is 0 Å². The number of aryl methyl sites for hydroxylation is 1. The molecule has 4 heterocycles. The van der Waals surface area contributed by atoms with Gasteiger partial charge < -0.3 is 18.9 Å². The first kappa shape index (κ1) is 31.0. The maximum atomic E-state index is 13.5. The highest BCUT2D eigenvalue weighted by Gasteiger charge is 2.28. The third kappa shape index (κ3) is 7.77. The number of rotatable bonds is 11. The van der Waals surface area contributed by atoms with E-state index in [0.717, 1.165) is 5.56 Å². The van der Waals surface area contributed by atoms with Crippen LogP contribution in [0.4, 0.5) is 5.82 Å². The van der Waals surface area contributed by atoms with Crippen LogP contribution >= 0.6 is 15.9 Å². The minimum Gasteiger partial charge on any atom is -0.493 e. The number of pyridine rings is 1. The molecule has 4 aromatic heterocycles. The predicted molar refractivity (Wildman–Crippen MR) is 164 cm³/mol. The Morgan fingerprint density at radius 1 is 0.867 bits per heavy atom. The molecule has 0 saturated heterocycles. The Kier molecular flexibility index (Phi) is 9.61. The average Bonchev–Trinajstić information content (AvgIpc) is 3.04. The maximum absolute atomic E-state index is 13.5.